The quantitative estimate of drug-likeness (QED) is 0.0580. The number of carbonyl (C=O) groups is 6. The molecule has 3 atom stereocenters. The summed E-state index contributed by atoms with van der Waals surface area (Å²) in [6, 6.07) is 5.66. The highest BCUT2D eigenvalue weighted by molar-refractivity contribution is 5.98. The summed E-state index contributed by atoms with van der Waals surface area (Å²) in [7, 11) is 0. The topological polar surface area (TPSA) is 248 Å². The van der Waals surface area contributed by atoms with Gasteiger partial charge in [-0.1, -0.05) is 32.9 Å². The molecule has 1 rings (SSSR count). The summed E-state index contributed by atoms with van der Waals surface area (Å²) in [4.78, 5) is 75.9. The third-order valence-corrected chi connectivity index (χ3v) is 8.24. The van der Waals surface area contributed by atoms with Crippen molar-refractivity contribution in [1.29, 1.82) is 0 Å². The van der Waals surface area contributed by atoms with Gasteiger partial charge in [0.2, 0.25) is 11.8 Å². The van der Waals surface area contributed by atoms with Gasteiger partial charge < -0.3 is 51.5 Å². The van der Waals surface area contributed by atoms with Gasteiger partial charge in [0.05, 0.1) is 58.9 Å². The monoisotopic (exact) mass is 751 g/mol. The van der Waals surface area contributed by atoms with E-state index in [4.69, 9.17) is 30.4 Å². The van der Waals surface area contributed by atoms with Gasteiger partial charge >= 0.3 is 12.0 Å². The zero-order chi connectivity index (χ0) is 39.4. The number of carboxylic acid groups (broad SMARTS) is 1. The third-order valence-electron chi connectivity index (χ3n) is 8.24. The number of nitrogens with two attached hydrogens (primary N) is 2. The van der Waals surface area contributed by atoms with E-state index in [1.165, 1.54) is 0 Å². The number of primary amides is 1. The largest absolute Gasteiger partial charge is 0.481 e. The number of amides is 4. The molecule has 0 aliphatic heterocycles. The van der Waals surface area contributed by atoms with Crippen LogP contribution in [-0.2, 0) is 49.3 Å². The van der Waals surface area contributed by atoms with Gasteiger partial charge in [0.25, 0.3) is 0 Å². The Labute approximate surface area is 312 Å². The summed E-state index contributed by atoms with van der Waals surface area (Å²) in [5.74, 6) is -4.94. The number of anilines is 1. The van der Waals surface area contributed by atoms with E-state index in [1.54, 1.807) is 26.0 Å². The third kappa shape index (κ3) is 22.7. The first-order chi connectivity index (χ1) is 25.4. The van der Waals surface area contributed by atoms with E-state index in [2.05, 4.69) is 16.0 Å². The number of benzene rings is 1. The molecule has 0 unspecified atom stereocenters. The predicted octanol–water partition coefficient (Wildman–Crippen LogP) is 2.21. The molecule has 0 aliphatic rings. The number of nitrogens with one attached hydrogen (secondary N) is 3. The minimum Gasteiger partial charge on any atom is -0.481 e. The van der Waals surface area contributed by atoms with Crippen LogP contribution in [0.5, 0.6) is 0 Å². The van der Waals surface area contributed by atoms with Crippen LogP contribution in [0.2, 0.25) is 0 Å². The predicted molar refractivity (Wildman–Crippen MR) is 198 cm³/mol. The van der Waals surface area contributed by atoms with Crippen molar-refractivity contribution in [2.45, 2.75) is 78.2 Å². The standard InChI is InChI=1S/C37H61N5O11/c1-4-27-7-10-30(11-8-27)41-35(47)28(6-5-15-40-37(39)49)25-32(44)34(26(2)3)42-36(48)29(9-12-33(45)46)24-31(43)13-16-50-18-20-52-22-23-53-21-19-51-17-14-38/h7-8,10-11,26,28-29,34H,4-6,9,12-25,38H2,1-3H3,(H,41,47)(H,42,48)(H,45,46)(H3,39,40,49)/t28-,29-,34+/m1/s1. The molecule has 1 aromatic rings. The lowest BCUT2D eigenvalue weighted by molar-refractivity contribution is -0.139. The maximum atomic E-state index is 13.7. The number of hydrogen-bond acceptors (Lipinski definition) is 11. The van der Waals surface area contributed by atoms with Crippen molar-refractivity contribution >= 4 is 41.1 Å². The van der Waals surface area contributed by atoms with E-state index >= 15 is 0 Å². The first-order valence-corrected chi connectivity index (χ1v) is 18.4. The smallest absolute Gasteiger partial charge is 0.312 e. The van der Waals surface area contributed by atoms with Gasteiger partial charge in [-0.2, -0.15) is 0 Å². The second-order valence-corrected chi connectivity index (χ2v) is 12.9. The Hall–Kier alpha value is -3.96. The average molecular weight is 752 g/mol. The molecule has 1 aromatic carbocycles. The first-order valence-electron chi connectivity index (χ1n) is 18.4. The van der Waals surface area contributed by atoms with E-state index in [0.29, 0.717) is 58.3 Å². The lowest BCUT2D eigenvalue weighted by Crippen LogP contribution is -2.48. The molecule has 4 amide bonds. The highest BCUT2D eigenvalue weighted by Crippen LogP contribution is 2.21. The second kappa shape index (κ2) is 28.5. The van der Waals surface area contributed by atoms with E-state index in [1.807, 2.05) is 19.1 Å². The molecule has 0 saturated heterocycles. The molecule has 16 nitrogen and oxygen atoms in total. The van der Waals surface area contributed by atoms with Crippen molar-refractivity contribution in [3.05, 3.63) is 29.8 Å². The molecule has 0 bridgehead atoms. The Bertz CT molecular complexity index is 1250. The van der Waals surface area contributed by atoms with Crippen LogP contribution >= 0.6 is 0 Å². The van der Waals surface area contributed by atoms with E-state index in [0.717, 1.165) is 12.0 Å². The maximum Gasteiger partial charge on any atom is 0.312 e. The molecule has 0 saturated carbocycles. The van der Waals surface area contributed by atoms with Crippen LogP contribution in [0.1, 0.15) is 71.3 Å². The minimum atomic E-state index is -1.12. The number of carboxylic acids is 1. The Balaban J connectivity index is 2.76. The Morgan fingerprint density at radius 1 is 0.755 bits per heavy atom. The van der Waals surface area contributed by atoms with E-state index in [9.17, 15) is 33.9 Å². The maximum absolute atomic E-state index is 13.7. The summed E-state index contributed by atoms with van der Waals surface area (Å²) in [6.45, 7) is 8.97. The molecular formula is C37H61N5O11. The van der Waals surface area contributed by atoms with Crippen molar-refractivity contribution in [2.75, 3.05) is 71.3 Å². The fourth-order valence-electron chi connectivity index (χ4n) is 5.25. The van der Waals surface area contributed by atoms with Crippen LogP contribution in [0.15, 0.2) is 24.3 Å². The summed E-state index contributed by atoms with van der Waals surface area (Å²) in [6.07, 6.45) is 0.614. The molecule has 0 aliphatic carbocycles. The molecule has 0 radical (unpaired) electrons. The van der Waals surface area contributed by atoms with E-state index in [-0.39, 0.29) is 81.7 Å². The fourth-order valence-corrected chi connectivity index (χ4v) is 5.25. The summed E-state index contributed by atoms with van der Waals surface area (Å²) >= 11 is 0. The minimum absolute atomic E-state index is 0.0118. The number of urea groups is 1. The van der Waals surface area contributed by atoms with Crippen molar-refractivity contribution in [1.82, 2.24) is 10.6 Å². The number of Topliss-reactive ketones (excluding diaryl/α,β-unsaturated/α-hetero) is 2. The van der Waals surface area contributed by atoms with Crippen molar-refractivity contribution in [3.63, 3.8) is 0 Å². The van der Waals surface area contributed by atoms with Crippen LogP contribution in [0, 0.1) is 17.8 Å². The zero-order valence-corrected chi connectivity index (χ0v) is 31.5. The molecule has 0 spiro atoms. The molecule has 300 valence electrons. The highest BCUT2D eigenvalue weighted by Gasteiger charge is 2.32. The zero-order valence-electron chi connectivity index (χ0n) is 31.5. The normalized spacial score (nSPS) is 12.8. The van der Waals surface area contributed by atoms with Crippen LogP contribution in [0.4, 0.5) is 10.5 Å². The molecule has 16 heteroatoms. The van der Waals surface area contributed by atoms with Crippen LogP contribution in [0.25, 0.3) is 0 Å². The lowest BCUT2D eigenvalue weighted by Gasteiger charge is -2.26. The highest BCUT2D eigenvalue weighted by atomic mass is 16.6. The molecule has 8 N–H and O–H groups in total. The van der Waals surface area contributed by atoms with Crippen molar-refractivity contribution in [2.24, 2.45) is 29.2 Å². The van der Waals surface area contributed by atoms with Gasteiger partial charge in [-0.05, 0) is 49.3 Å². The van der Waals surface area contributed by atoms with Crippen LogP contribution in [-0.4, -0.2) is 112 Å². The molecule has 53 heavy (non-hydrogen) atoms. The van der Waals surface area contributed by atoms with Gasteiger partial charge in [0, 0.05) is 56.3 Å². The van der Waals surface area contributed by atoms with Crippen LogP contribution in [0.3, 0.4) is 0 Å². The molecular weight excluding hydrogens is 690 g/mol. The van der Waals surface area contributed by atoms with Crippen molar-refractivity contribution in [3.8, 4) is 0 Å². The first kappa shape index (κ1) is 47.1. The Morgan fingerprint density at radius 3 is 1.85 bits per heavy atom. The van der Waals surface area contributed by atoms with Gasteiger partial charge in [-0.25, -0.2) is 4.79 Å². The van der Waals surface area contributed by atoms with Gasteiger partial charge in [-0.3, -0.25) is 24.0 Å². The average Bonchev–Trinajstić information content (AvgIpc) is 3.11. The molecule has 0 heterocycles. The summed E-state index contributed by atoms with van der Waals surface area (Å²) < 4.78 is 21.5. The Kier molecular flexibility index (Phi) is 25.3. The second-order valence-electron chi connectivity index (χ2n) is 12.9. The number of ether oxygens (including phenoxy) is 4. The number of hydrogen-bond donors (Lipinski definition) is 6. The van der Waals surface area contributed by atoms with Gasteiger partial charge in [0.1, 0.15) is 5.78 Å². The number of carbonyl (C=O) groups excluding carboxylic acids is 5. The number of aliphatic carboxylic acids is 1. The van der Waals surface area contributed by atoms with Gasteiger partial charge in [-0.15, -0.1) is 0 Å². The molecule has 0 aromatic heterocycles. The van der Waals surface area contributed by atoms with E-state index < -0.39 is 35.8 Å². The SMILES string of the molecule is CCc1ccc(NC(=O)[C@H](CCCNC(N)=O)CC(=O)[C@@H](NC(=O)[C@H](CCC(=O)O)CC(=O)CCOCCOCCOCCOCCN)C(C)C)cc1. The molecule has 0 fully saturated rings. The van der Waals surface area contributed by atoms with Gasteiger partial charge in [0.15, 0.2) is 5.78 Å². The summed E-state index contributed by atoms with van der Waals surface area (Å²) in [5, 5.41) is 17.4. The van der Waals surface area contributed by atoms with Crippen LogP contribution < -0.4 is 27.4 Å². The summed E-state index contributed by atoms with van der Waals surface area (Å²) in [5.41, 5.74) is 12.2. The Morgan fingerprint density at radius 2 is 1.32 bits per heavy atom. The van der Waals surface area contributed by atoms with Crippen molar-refractivity contribution < 1.29 is 52.8 Å². The lowest BCUT2D eigenvalue weighted by atomic mass is 9.88. The number of rotatable bonds is 32. The number of aryl methyl sites for hydroxylation is 1. The fraction of sp³-hybridized carbons (Fsp3) is 0.676. The number of ketones is 2.